The van der Waals surface area contributed by atoms with Gasteiger partial charge in [-0.1, -0.05) is 36.3 Å². The number of para-hydroxylation sites is 1. The van der Waals surface area contributed by atoms with Gasteiger partial charge in [0.05, 0.1) is 30.2 Å². The molecular formula is C18H25N5O. The molecule has 1 aliphatic heterocycles. The summed E-state index contributed by atoms with van der Waals surface area (Å²) in [6.07, 6.45) is 6.61. The summed E-state index contributed by atoms with van der Waals surface area (Å²) in [5.74, 6) is 0.180. The highest BCUT2D eigenvalue weighted by Gasteiger charge is 2.17. The lowest BCUT2D eigenvalue weighted by Crippen LogP contribution is -2.39. The van der Waals surface area contributed by atoms with E-state index in [0.29, 0.717) is 6.54 Å². The number of nitrogens with zero attached hydrogens (tertiary/aromatic N) is 4. The highest BCUT2D eigenvalue weighted by molar-refractivity contribution is 5.78. The number of hydrogen-bond donors (Lipinski definition) is 1. The minimum absolute atomic E-state index is 0.0154. The number of aromatic nitrogens is 3. The second kappa shape index (κ2) is 8.06. The summed E-state index contributed by atoms with van der Waals surface area (Å²) in [4.78, 5) is 14.3. The van der Waals surface area contributed by atoms with Gasteiger partial charge in [-0.3, -0.25) is 4.79 Å². The Balaban J connectivity index is 1.54. The van der Waals surface area contributed by atoms with Crippen LogP contribution >= 0.6 is 0 Å². The van der Waals surface area contributed by atoms with Gasteiger partial charge in [0, 0.05) is 13.1 Å². The normalized spacial score (nSPS) is 16.6. The summed E-state index contributed by atoms with van der Waals surface area (Å²) in [5, 5.41) is 11.7. The Kier molecular flexibility index (Phi) is 5.59. The van der Waals surface area contributed by atoms with Crippen LogP contribution in [0, 0.1) is 0 Å². The van der Waals surface area contributed by atoms with Crippen LogP contribution in [0.4, 0.5) is 0 Å². The van der Waals surface area contributed by atoms with Crippen LogP contribution in [0.3, 0.4) is 0 Å². The third-order valence-electron chi connectivity index (χ3n) is 4.49. The molecule has 3 rings (SSSR count). The number of rotatable bonds is 5. The number of likely N-dealkylation sites (tertiary alicyclic amines) is 1. The van der Waals surface area contributed by atoms with Crippen molar-refractivity contribution < 1.29 is 4.79 Å². The maximum Gasteiger partial charge on any atom is 0.236 e. The van der Waals surface area contributed by atoms with Gasteiger partial charge in [-0.15, -0.1) is 5.10 Å². The first-order valence-electron chi connectivity index (χ1n) is 8.73. The second-order valence-electron chi connectivity index (χ2n) is 6.32. The average molecular weight is 327 g/mol. The third kappa shape index (κ3) is 4.20. The summed E-state index contributed by atoms with van der Waals surface area (Å²) in [7, 11) is 0. The maximum absolute atomic E-state index is 12.3. The van der Waals surface area contributed by atoms with E-state index in [1.807, 2.05) is 48.4 Å². The smallest absolute Gasteiger partial charge is 0.236 e. The molecule has 6 nitrogen and oxygen atoms in total. The van der Waals surface area contributed by atoms with E-state index in [1.165, 1.54) is 12.8 Å². The maximum atomic E-state index is 12.3. The monoisotopic (exact) mass is 327 g/mol. The van der Waals surface area contributed by atoms with E-state index in [1.54, 1.807) is 4.68 Å². The molecule has 1 aromatic carbocycles. The van der Waals surface area contributed by atoms with Crippen molar-refractivity contribution in [3.63, 3.8) is 0 Å². The van der Waals surface area contributed by atoms with E-state index in [2.05, 4.69) is 15.6 Å². The SMILES string of the molecule is CC(NCC(=O)N1CCCCCC1)c1cn(-c2ccccc2)nn1. The van der Waals surface area contributed by atoms with E-state index in [0.717, 1.165) is 37.3 Å². The predicted octanol–water partition coefficient (Wildman–Crippen LogP) is 2.32. The van der Waals surface area contributed by atoms with Crippen LogP contribution in [-0.4, -0.2) is 45.4 Å². The van der Waals surface area contributed by atoms with E-state index < -0.39 is 0 Å². The van der Waals surface area contributed by atoms with Crippen LogP contribution < -0.4 is 5.32 Å². The third-order valence-corrected chi connectivity index (χ3v) is 4.49. The Morgan fingerprint density at radius 3 is 2.58 bits per heavy atom. The Labute approximate surface area is 142 Å². The Bertz CT molecular complexity index is 646. The van der Waals surface area contributed by atoms with Crippen molar-refractivity contribution in [2.75, 3.05) is 19.6 Å². The molecule has 1 aliphatic rings. The lowest BCUT2D eigenvalue weighted by Gasteiger charge is -2.21. The van der Waals surface area contributed by atoms with E-state index in [4.69, 9.17) is 0 Å². The first-order valence-corrected chi connectivity index (χ1v) is 8.73. The van der Waals surface area contributed by atoms with Gasteiger partial charge < -0.3 is 10.2 Å². The zero-order valence-electron chi connectivity index (χ0n) is 14.2. The molecule has 2 heterocycles. The molecule has 1 unspecified atom stereocenters. The Hall–Kier alpha value is -2.21. The Morgan fingerprint density at radius 2 is 1.88 bits per heavy atom. The number of nitrogens with one attached hydrogen (secondary N) is 1. The molecule has 1 N–H and O–H groups in total. The quantitative estimate of drug-likeness (QED) is 0.915. The van der Waals surface area contributed by atoms with Crippen molar-refractivity contribution in [2.45, 2.75) is 38.6 Å². The van der Waals surface area contributed by atoms with E-state index in [-0.39, 0.29) is 11.9 Å². The molecule has 0 spiro atoms. The molecule has 2 aromatic rings. The summed E-state index contributed by atoms with van der Waals surface area (Å²) in [6, 6.07) is 9.87. The first kappa shape index (κ1) is 16.6. The minimum atomic E-state index is -0.0154. The number of carbonyl (C=O) groups excluding carboxylic acids is 1. The predicted molar refractivity (Wildman–Crippen MR) is 92.8 cm³/mol. The van der Waals surface area contributed by atoms with Crippen LogP contribution in [0.25, 0.3) is 5.69 Å². The largest absolute Gasteiger partial charge is 0.342 e. The Morgan fingerprint density at radius 1 is 1.17 bits per heavy atom. The zero-order valence-corrected chi connectivity index (χ0v) is 14.2. The van der Waals surface area contributed by atoms with Crippen molar-refractivity contribution in [1.82, 2.24) is 25.2 Å². The molecule has 1 aromatic heterocycles. The molecule has 0 bridgehead atoms. The van der Waals surface area contributed by atoms with Gasteiger partial charge in [0.1, 0.15) is 0 Å². The highest BCUT2D eigenvalue weighted by atomic mass is 16.2. The standard InChI is InChI=1S/C18H25N5O/c1-15(19-13-18(24)22-11-7-2-3-8-12-22)17-14-23(21-20-17)16-9-5-4-6-10-16/h4-6,9-10,14-15,19H,2-3,7-8,11-13H2,1H3. The fourth-order valence-corrected chi connectivity index (χ4v) is 2.96. The van der Waals surface area contributed by atoms with Gasteiger partial charge >= 0.3 is 0 Å². The molecule has 24 heavy (non-hydrogen) atoms. The average Bonchev–Trinajstić information content (AvgIpc) is 2.96. The summed E-state index contributed by atoms with van der Waals surface area (Å²) in [6.45, 7) is 4.13. The number of amides is 1. The van der Waals surface area contributed by atoms with Crippen LogP contribution in [0.5, 0.6) is 0 Å². The molecular weight excluding hydrogens is 302 g/mol. The molecule has 1 saturated heterocycles. The molecule has 128 valence electrons. The topological polar surface area (TPSA) is 63.1 Å². The summed E-state index contributed by atoms with van der Waals surface area (Å²) in [5.41, 5.74) is 1.81. The molecule has 0 saturated carbocycles. The van der Waals surface area contributed by atoms with Crippen LogP contribution in [0.2, 0.25) is 0 Å². The molecule has 0 radical (unpaired) electrons. The summed E-state index contributed by atoms with van der Waals surface area (Å²) < 4.78 is 1.75. The van der Waals surface area contributed by atoms with Crippen LogP contribution in [-0.2, 0) is 4.79 Å². The van der Waals surface area contributed by atoms with E-state index in [9.17, 15) is 4.79 Å². The van der Waals surface area contributed by atoms with Crippen LogP contribution in [0.15, 0.2) is 36.5 Å². The van der Waals surface area contributed by atoms with Crippen molar-refractivity contribution in [3.8, 4) is 5.69 Å². The number of hydrogen-bond acceptors (Lipinski definition) is 4. The van der Waals surface area contributed by atoms with Gasteiger partial charge in [-0.2, -0.15) is 0 Å². The second-order valence-corrected chi connectivity index (χ2v) is 6.32. The van der Waals surface area contributed by atoms with Crippen molar-refractivity contribution in [3.05, 3.63) is 42.2 Å². The van der Waals surface area contributed by atoms with Gasteiger partial charge in [-0.05, 0) is 31.9 Å². The highest BCUT2D eigenvalue weighted by Crippen LogP contribution is 2.13. The lowest BCUT2D eigenvalue weighted by atomic mass is 10.2. The first-order chi connectivity index (χ1) is 11.7. The zero-order chi connectivity index (χ0) is 16.8. The van der Waals surface area contributed by atoms with Crippen molar-refractivity contribution in [1.29, 1.82) is 0 Å². The van der Waals surface area contributed by atoms with Crippen molar-refractivity contribution in [2.24, 2.45) is 0 Å². The van der Waals surface area contributed by atoms with Gasteiger partial charge in [0.25, 0.3) is 0 Å². The minimum Gasteiger partial charge on any atom is -0.342 e. The molecule has 0 aliphatic carbocycles. The lowest BCUT2D eigenvalue weighted by molar-refractivity contribution is -0.130. The molecule has 1 atom stereocenters. The van der Waals surface area contributed by atoms with Gasteiger partial charge in [0.2, 0.25) is 5.91 Å². The number of benzene rings is 1. The van der Waals surface area contributed by atoms with Crippen LogP contribution in [0.1, 0.15) is 44.3 Å². The fourth-order valence-electron chi connectivity index (χ4n) is 2.96. The molecule has 1 amide bonds. The molecule has 1 fully saturated rings. The van der Waals surface area contributed by atoms with Gasteiger partial charge in [-0.25, -0.2) is 4.68 Å². The van der Waals surface area contributed by atoms with Crippen molar-refractivity contribution >= 4 is 5.91 Å². The number of carbonyl (C=O) groups is 1. The van der Waals surface area contributed by atoms with E-state index >= 15 is 0 Å². The molecule has 6 heteroatoms. The summed E-state index contributed by atoms with van der Waals surface area (Å²) >= 11 is 0. The fraction of sp³-hybridized carbons (Fsp3) is 0.500. The van der Waals surface area contributed by atoms with Gasteiger partial charge in [0.15, 0.2) is 0 Å².